The van der Waals surface area contributed by atoms with E-state index in [4.69, 9.17) is 4.74 Å². The van der Waals surface area contributed by atoms with Gasteiger partial charge in [-0.1, -0.05) is 17.7 Å². The minimum atomic E-state index is -3.90. The van der Waals surface area contributed by atoms with Crippen molar-refractivity contribution in [3.63, 3.8) is 0 Å². The number of anilines is 1. The van der Waals surface area contributed by atoms with E-state index in [-0.39, 0.29) is 12.1 Å². The molecule has 0 aromatic heterocycles. The van der Waals surface area contributed by atoms with E-state index in [9.17, 15) is 22.8 Å². The Bertz CT molecular complexity index is 830. The van der Waals surface area contributed by atoms with Crippen molar-refractivity contribution in [2.45, 2.75) is 32.7 Å². The molecule has 0 bridgehead atoms. The molecule has 160 valence electrons. The summed E-state index contributed by atoms with van der Waals surface area (Å²) < 4.78 is 29.3. The summed E-state index contributed by atoms with van der Waals surface area (Å²) in [6.45, 7) is 4.78. The first-order valence-corrected chi connectivity index (χ1v) is 11.3. The molecule has 1 aromatic rings. The zero-order valence-electron chi connectivity index (χ0n) is 16.6. The molecule has 0 radical (unpaired) electrons. The van der Waals surface area contributed by atoms with Gasteiger partial charge >= 0.3 is 6.09 Å². The maximum absolute atomic E-state index is 12.2. The van der Waals surface area contributed by atoms with Gasteiger partial charge in [-0.15, -0.1) is 0 Å². The third-order valence-electron chi connectivity index (χ3n) is 4.42. The van der Waals surface area contributed by atoms with Crippen LogP contribution in [0.4, 0.5) is 10.5 Å². The quantitative estimate of drug-likeness (QED) is 0.674. The lowest BCUT2D eigenvalue weighted by Gasteiger charge is -2.31. The number of amides is 3. The molecule has 3 amide bonds. The number of sulfone groups is 1. The number of piperidine rings is 1. The molecule has 10 heteroatoms. The molecule has 2 rings (SSSR count). The summed E-state index contributed by atoms with van der Waals surface area (Å²) in [7, 11) is -3.90. The fourth-order valence-corrected chi connectivity index (χ4v) is 4.03. The molecule has 0 spiro atoms. The second-order valence-corrected chi connectivity index (χ2v) is 9.04. The van der Waals surface area contributed by atoms with Crippen LogP contribution in [-0.2, 0) is 24.2 Å². The Morgan fingerprint density at radius 2 is 1.66 bits per heavy atom. The van der Waals surface area contributed by atoms with Crippen molar-refractivity contribution in [2.24, 2.45) is 0 Å². The minimum Gasteiger partial charge on any atom is -0.450 e. The zero-order chi connectivity index (χ0) is 21.4. The van der Waals surface area contributed by atoms with Crippen LogP contribution in [0.2, 0.25) is 0 Å². The van der Waals surface area contributed by atoms with Crippen LogP contribution in [0.15, 0.2) is 24.3 Å². The van der Waals surface area contributed by atoms with E-state index in [2.05, 4.69) is 10.6 Å². The smallest absolute Gasteiger partial charge is 0.409 e. The summed E-state index contributed by atoms with van der Waals surface area (Å²) >= 11 is 0. The van der Waals surface area contributed by atoms with Gasteiger partial charge in [0.15, 0.2) is 9.84 Å². The van der Waals surface area contributed by atoms with E-state index in [1.807, 2.05) is 6.92 Å². The number of carbonyl (C=O) groups is 3. The van der Waals surface area contributed by atoms with Crippen molar-refractivity contribution in [3.8, 4) is 0 Å². The van der Waals surface area contributed by atoms with Gasteiger partial charge in [-0.3, -0.25) is 9.59 Å². The van der Waals surface area contributed by atoms with Gasteiger partial charge in [0, 0.05) is 24.8 Å². The third kappa shape index (κ3) is 7.72. The zero-order valence-corrected chi connectivity index (χ0v) is 17.5. The number of benzene rings is 1. The number of nitrogens with zero attached hydrogens (tertiary/aromatic N) is 1. The Hall–Kier alpha value is -2.62. The first kappa shape index (κ1) is 22.7. The maximum atomic E-state index is 12.2. The van der Waals surface area contributed by atoms with Crippen LogP contribution in [0, 0.1) is 6.92 Å². The lowest BCUT2D eigenvalue weighted by atomic mass is 10.1. The number of nitrogens with one attached hydrogen (secondary N) is 2. The fourth-order valence-electron chi connectivity index (χ4n) is 2.97. The second kappa shape index (κ2) is 10.2. The average molecular weight is 426 g/mol. The average Bonchev–Trinajstić information content (AvgIpc) is 2.63. The van der Waals surface area contributed by atoms with Gasteiger partial charge in [0.2, 0.25) is 11.8 Å². The van der Waals surface area contributed by atoms with Gasteiger partial charge in [0.25, 0.3) is 0 Å². The second-order valence-electron chi connectivity index (χ2n) is 6.97. The monoisotopic (exact) mass is 425 g/mol. The van der Waals surface area contributed by atoms with Crippen LogP contribution in [0.25, 0.3) is 0 Å². The molecule has 2 N–H and O–H groups in total. The van der Waals surface area contributed by atoms with E-state index in [1.54, 1.807) is 36.1 Å². The molecule has 1 aliphatic heterocycles. The SMILES string of the molecule is CCOC(=O)N1CCC(NC(=O)CS(=O)(=O)CC(=O)Nc2ccc(C)cc2)CC1. The Morgan fingerprint density at radius 3 is 2.24 bits per heavy atom. The summed E-state index contributed by atoms with van der Waals surface area (Å²) in [6.07, 6.45) is 0.635. The topological polar surface area (TPSA) is 122 Å². The molecular formula is C19H27N3O6S. The van der Waals surface area contributed by atoms with Crippen LogP contribution in [0.5, 0.6) is 0 Å². The lowest BCUT2D eigenvalue weighted by Crippen LogP contribution is -2.48. The first-order valence-electron chi connectivity index (χ1n) is 9.46. The van der Waals surface area contributed by atoms with Crippen molar-refractivity contribution in [1.82, 2.24) is 10.2 Å². The number of hydrogen-bond donors (Lipinski definition) is 2. The molecule has 1 heterocycles. The van der Waals surface area contributed by atoms with Crippen LogP contribution in [-0.4, -0.2) is 68.5 Å². The van der Waals surface area contributed by atoms with E-state index in [0.717, 1.165) is 5.56 Å². The number of rotatable bonds is 7. The number of ether oxygens (including phenoxy) is 1. The van der Waals surface area contributed by atoms with Crippen molar-refractivity contribution >= 4 is 33.4 Å². The standard InChI is InChI=1S/C19H27N3O6S/c1-3-28-19(25)22-10-8-16(9-11-22)21-18(24)13-29(26,27)12-17(23)20-15-6-4-14(2)5-7-15/h4-7,16H,3,8-13H2,1-2H3,(H,20,23)(H,21,24). The normalized spacial score (nSPS) is 14.9. The summed E-state index contributed by atoms with van der Waals surface area (Å²) in [4.78, 5) is 37.3. The van der Waals surface area contributed by atoms with Crippen LogP contribution >= 0.6 is 0 Å². The minimum absolute atomic E-state index is 0.218. The Balaban J connectivity index is 1.76. The summed E-state index contributed by atoms with van der Waals surface area (Å²) in [6, 6.07) is 6.73. The Kier molecular flexibility index (Phi) is 8.00. The lowest BCUT2D eigenvalue weighted by molar-refractivity contribution is -0.119. The van der Waals surface area contributed by atoms with E-state index in [1.165, 1.54) is 0 Å². The van der Waals surface area contributed by atoms with Gasteiger partial charge < -0.3 is 20.3 Å². The molecule has 0 aliphatic carbocycles. The van der Waals surface area contributed by atoms with Gasteiger partial charge in [0.1, 0.15) is 11.5 Å². The highest BCUT2D eigenvalue weighted by Gasteiger charge is 2.27. The predicted octanol–water partition coefficient (Wildman–Crippen LogP) is 1.09. The first-order chi connectivity index (χ1) is 13.7. The largest absolute Gasteiger partial charge is 0.450 e. The molecule has 0 unspecified atom stereocenters. The van der Waals surface area contributed by atoms with Crippen molar-refractivity contribution in [1.29, 1.82) is 0 Å². The number of likely N-dealkylation sites (tertiary alicyclic amines) is 1. The highest BCUT2D eigenvalue weighted by atomic mass is 32.2. The highest BCUT2D eigenvalue weighted by Crippen LogP contribution is 2.12. The van der Waals surface area contributed by atoms with Crippen LogP contribution < -0.4 is 10.6 Å². The number of carbonyl (C=O) groups excluding carboxylic acids is 3. The molecule has 0 atom stereocenters. The Morgan fingerprint density at radius 1 is 1.07 bits per heavy atom. The molecule has 1 aliphatic rings. The summed E-state index contributed by atoms with van der Waals surface area (Å²) in [5.74, 6) is -2.87. The number of aryl methyl sites for hydroxylation is 1. The summed E-state index contributed by atoms with van der Waals surface area (Å²) in [5.41, 5.74) is 1.51. The van der Waals surface area contributed by atoms with E-state index >= 15 is 0 Å². The van der Waals surface area contributed by atoms with E-state index < -0.39 is 33.2 Å². The molecule has 29 heavy (non-hydrogen) atoms. The van der Waals surface area contributed by atoms with Crippen LogP contribution in [0.3, 0.4) is 0 Å². The molecule has 9 nitrogen and oxygen atoms in total. The molecule has 0 saturated carbocycles. The molecule has 1 saturated heterocycles. The van der Waals surface area contributed by atoms with Gasteiger partial charge in [-0.25, -0.2) is 13.2 Å². The van der Waals surface area contributed by atoms with Crippen molar-refractivity contribution in [3.05, 3.63) is 29.8 Å². The number of hydrogen-bond acceptors (Lipinski definition) is 6. The van der Waals surface area contributed by atoms with Gasteiger partial charge in [0.05, 0.1) is 6.61 Å². The van der Waals surface area contributed by atoms with Crippen molar-refractivity contribution < 1.29 is 27.5 Å². The maximum Gasteiger partial charge on any atom is 0.409 e. The third-order valence-corrected chi connectivity index (χ3v) is 5.83. The predicted molar refractivity (Wildman–Crippen MR) is 108 cm³/mol. The van der Waals surface area contributed by atoms with Crippen molar-refractivity contribution in [2.75, 3.05) is 36.5 Å². The van der Waals surface area contributed by atoms with Crippen LogP contribution in [0.1, 0.15) is 25.3 Å². The molecular weight excluding hydrogens is 398 g/mol. The van der Waals surface area contributed by atoms with Gasteiger partial charge in [-0.05, 0) is 38.8 Å². The molecule has 1 aromatic carbocycles. The van der Waals surface area contributed by atoms with Gasteiger partial charge in [-0.2, -0.15) is 0 Å². The molecule has 1 fully saturated rings. The fraction of sp³-hybridized carbons (Fsp3) is 0.526. The van der Waals surface area contributed by atoms with E-state index in [0.29, 0.717) is 38.2 Å². The highest BCUT2D eigenvalue weighted by molar-refractivity contribution is 7.92. The Labute approximate surface area is 170 Å². The summed E-state index contributed by atoms with van der Waals surface area (Å²) in [5, 5.41) is 5.17.